The molecule has 0 aliphatic carbocycles. The lowest BCUT2D eigenvalue weighted by Gasteiger charge is -2.35. The summed E-state index contributed by atoms with van der Waals surface area (Å²) in [4.78, 5) is 15.4. The molecule has 0 radical (unpaired) electrons. The van der Waals surface area contributed by atoms with Crippen LogP contribution in [-0.2, 0) is 21.4 Å². The largest absolute Gasteiger partial charge is 0.464 e. The first-order valence-electron chi connectivity index (χ1n) is 10.5. The number of carbonyl (C=O) groups excluding carboxylic acids is 1. The van der Waals surface area contributed by atoms with E-state index in [9.17, 15) is 13.2 Å². The van der Waals surface area contributed by atoms with Crippen LogP contribution in [0.3, 0.4) is 0 Å². The fourth-order valence-electron chi connectivity index (χ4n) is 4.06. The number of furan rings is 1. The Labute approximate surface area is 179 Å². The van der Waals surface area contributed by atoms with Crippen LogP contribution in [0.15, 0.2) is 39.6 Å². The number of nitrogens with zero attached hydrogens (tertiary/aromatic N) is 2. The van der Waals surface area contributed by atoms with Crippen LogP contribution in [0.5, 0.6) is 0 Å². The summed E-state index contributed by atoms with van der Waals surface area (Å²) in [5.41, 5.74) is 1.80. The van der Waals surface area contributed by atoms with Gasteiger partial charge in [0.1, 0.15) is 11.5 Å². The van der Waals surface area contributed by atoms with E-state index in [2.05, 4.69) is 0 Å². The van der Waals surface area contributed by atoms with Crippen molar-refractivity contribution in [2.75, 3.05) is 13.1 Å². The third-order valence-electron chi connectivity index (χ3n) is 5.78. The SMILES string of the molecule is Cc1ccc(S(=O)(=O)N2CCC(C(=O)N(Cc3ccc(C)o3)C(C)C)CC2)c(C)c1. The van der Waals surface area contributed by atoms with Gasteiger partial charge in [-0.05, 0) is 71.2 Å². The third-order valence-corrected chi connectivity index (χ3v) is 7.84. The van der Waals surface area contributed by atoms with Gasteiger partial charge in [-0.3, -0.25) is 4.79 Å². The molecule has 2 aromatic rings. The Morgan fingerprint density at radius 3 is 2.33 bits per heavy atom. The van der Waals surface area contributed by atoms with E-state index in [1.165, 1.54) is 4.31 Å². The van der Waals surface area contributed by atoms with Gasteiger partial charge in [-0.25, -0.2) is 8.42 Å². The van der Waals surface area contributed by atoms with Gasteiger partial charge in [-0.1, -0.05) is 17.7 Å². The second-order valence-electron chi connectivity index (χ2n) is 8.52. The molecule has 1 amide bonds. The van der Waals surface area contributed by atoms with Gasteiger partial charge < -0.3 is 9.32 Å². The number of piperidine rings is 1. The predicted molar refractivity (Wildman–Crippen MR) is 117 cm³/mol. The Kier molecular flexibility index (Phi) is 6.72. The monoisotopic (exact) mass is 432 g/mol. The number of sulfonamides is 1. The average molecular weight is 433 g/mol. The summed E-state index contributed by atoms with van der Waals surface area (Å²) in [6, 6.07) is 9.24. The molecule has 30 heavy (non-hydrogen) atoms. The van der Waals surface area contributed by atoms with E-state index >= 15 is 0 Å². The normalized spacial score (nSPS) is 16.2. The van der Waals surface area contributed by atoms with E-state index < -0.39 is 10.0 Å². The van der Waals surface area contributed by atoms with Crippen molar-refractivity contribution < 1.29 is 17.6 Å². The number of benzene rings is 1. The quantitative estimate of drug-likeness (QED) is 0.691. The van der Waals surface area contributed by atoms with Crippen LogP contribution in [0.2, 0.25) is 0 Å². The van der Waals surface area contributed by atoms with Gasteiger partial charge >= 0.3 is 0 Å². The van der Waals surface area contributed by atoms with Gasteiger partial charge in [0.05, 0.1) is 11.4 Å². The maximum atomic E-state index is 13.2. The number of carbonyl (C=O) groups is 1. The molecule has 2 heterocycles. The van der Waals surface area contributed by atoms with Crippen molar-refractivity contribution in [3.8, 4) is 0 Å². The second-order valence-corrected chi connectivity index (χ2v) is 10.4. The van der Waals surface area contributed by atoms with E-state index in [4.69, 9.17) is 4.42 Å². The van der Waals surface area contributed by atoms with Crippen LogP contribution in [-0.4, -0.2) is 42.7 Å². The van der Waals surface area contributed by atoms with E-state index in [0.717, 1.165) is 22.6 Å². The maximum absolute atomic E-state index is 13.2. The first kappa shape index (κ1) is 22.6. The summed E-state index contributed by atoms with van der Waals surface area (Å²) in [5.74, 6) is 1.49. The lowest BCUT2D eigenvalue weighted by Crippen LogP contribution is -2.46. The van der Waals surface area contributed by atoms with Gasteiger partial charge in [0.15, 0.2) is 0 Å². The van der Waals surface area contributed by atoms with Crippen LogP contribution in [0.1, 0.15) is 49.3 Å². The molecule has 0 N–H and O–H groups in total. The molecular formula is C23H32N2O4S. The van der Waals surface area contributed by atoms with Crippen molar-refractivity contribution in [3.05, 3.63) is 53.0 Å². The molecule has 1 saturated heterocycles. The molecule has 1 aliphatic rings. The molecule has 0 atom stereocenters. The zero-order valence-electron chi connectivity index (χ0n) is 18.5. The van der Waals surface area contributed by atoms with Crippen molar-refractivity contribution in [1.29, 1.82) is 0 Å². The highest BCUT2D eigenvalue weighted by atomic mass is 32.2. The van der Waals surface area contributed by atoms with Gasteiger partial charge in [0, 0.05) is 25.0 Å². The molecule has 7 heteroatoms. The second kappa shape index (κ2) is 8.94. The maximum Gasteiger partial charge on any atom is 0.243 e. The molecule has 0 saturated carbocycles. The lowest BCUT2D eigenvalue weighted by atomic mass is 9.96. The van der Waals surface area contributed by atoms with E-state index in [1.54, 1.807) is 6.07 Å². The number of hydrogen-bond donors (Lipinski definition) is 0. The molecule has 3 rings (SSSR count). The molecule has 6 nitrogen and oxygen atoms in total. The average Bonchev–Trinajstić information content (AvgIpc) is 3.10. The van der Waals surface area contributed by atoms with E-state index in [1.807, 2.05) is 63.8 Å². The van der Waals surface area contributed by atoms with E-state index in [0.29, 0.717) is 37.4 Å². The van der Waals surface area contributed by atoms with Crippen LogP contribution >= 0.6 is 0 Å². The Morgan fingerprint density at radius 1 is 1.13 bits per heavy atom. The summed E-state index contributed by atoms with van der Waals surface area (Å²) in [6.07, 6.45) is 1.06. The topological polar surface area (TPSA) is 70.8 Å². The minimum Gasteiger partial charge on any atom is -0.464 e. The van der Waals surface area contributed by atoms with Crippen molar-refractivity contribution in [3.63, 3.8) is 0 Å². The molecule has 1 aromatic carbocycles. The van der Waals surface area contributed by atoms with Crippen LogP contribution in [0.4, 0.5) is 0 Å². The number of rotatable bonds is 6. The summed E-state index contributed by atoms with van der Waals surface area (Å²) in [6.45, 7) is 10.8. The molecule has 1 fully saturated rings. The Morgan fingerprint density at radius 2 is 1.80 bits per heavy atom. The Balaban J connectivity index is 1.68. The van der Waals surface area contributed by atoms with Crippen molar-refractivity contribution >= 4 is 15.9 Å². The third kappa shape index (κ3) is 4.78. The van der Waals surface area contributed by atoms with Gasteiger partial charge in [-0.2, -0.15) is 4.31 Å². The zero-order valence-corrected chi connectivity index (χ0v) is 19.3. The molecular weight excluding hydrogens is 400 g/mol. The van der Waals surface area contributed by atoms with Gasteiger partial charge in [0.2, 0.25) is 15.9 Å². The summed E-state index contributed by atoms with van der Waals surface area (Å²) in [7, 11) is -3.55. The number of hydrogen-bond acceptors (Lipinski definition) is 4. The summed E-state index contributed by atoms with van der Waals surface area (Å²) >= 11 is 0. The van der Waals surface area contributed by atoms with Crippen molar-refractivity contribution in [2.24, 2.45) is 5.92 Å². The fraction of sp³-hybridized carbons (Fsp3) is 0.522. The highest BCUT2D eigenvalue weighted by Crippen LogP contribution is 2.28. The van der Waals surface area contributed by atoms with Crippen LogP contribution < -0.4 is 0 Å². The smallest absolute Gasteiger partial charge is 0.243 e. The Hall–Kier alpha value is -2.12. The zero-order chi connectivity index (χ0) is 22.1. The number of aryl methyl sites for hydroxylation is 3. The predicted octanol–water partition coefficient (Wildman–Crippen LogP) is 4.04. The standard InChI is InChI=1S/C23H32N2O4S/c1-16(2)25(15-21-8-7-19(5)29-21)23(26)20-10-12-24(13-11-20)30(27,28)22-9-6-17(3)14-18(22)4/h6-9,14,16,20H,10-13,15H2,1-5H3. The fourth-order valence-corrected chi connectivity index (χ4v) is 5.73. The molecule has 0 spiro atoms. The van der Waals surface area contributed by atoms with Crippen molar-refractivity contribution in [2.45, 2.75) is 64.9 Å². The summed E-state index contributed by atoms with van der Waals surface area (Å²) in [5, 5.41) is 0. The van der Waals surface area contributed by atoms with Crippen LogP contribution in [0, 0.1) is 26.7 Å². The summed E-state index contributed by atoms with van der Waals surface area (Å²) < 4.78 is 33.4. The Bertz CT molecular complexity index is 1000. The number of amides is 1. The first-order chi connectivity index (χ1) is 14.1. The van der Waals surface area contributed by atoms with Gasteiger partial charge in [0.25, 0.3) is 0 Å². The van der Waals surface area contributed by atoms with E-state index in [-0.39, 0.29) is 17.9 Å². The van der Waals surface area contributed by atoms with Crippen molar-refractivity contribution in [1.82, 2.24) is 9.21 Å². The lowest BCUT2D eigenvalue weighted by molar-refractivity contribution is -0.139. The minimum atomic E-state index is -3.55. The molecule has 1 aliphatic heterocycles. The minimum absolute atomic E-state index is 0.0416. The highest BCUT2D eigenvalue weighted by molar-refractivity contribution is 7.89. The highest BCUT2D eigenvalue weighted by Gasteiger charge is 2.35. The van der Waals surface area contributed by atoms with Gasteiger partial charge in [-0.15, -0.1) is 0 Å². The molecule has 164 valence electrons. The molecule has 0 unspecified atom stereocenters. The first-order valence-corrected chi connectivity index (χ1v) is 12.0. The molecule has 0 bridgehead atoms. The van der Waals surface area contributed by atoms with Crippen LogP contribution in [0.25, 0.3) is 0 Å². The molecule has 1 aromatic heterocycles.